The van der Waals surface area contributed by atoms with Gasteiger partial charge in [-0.25, -0.2) is 0 Å². The topological polar surface area (TPSA) is 6.48 Å². The fourth-order valence-electron chi connectivity index (χ4n) is 4.81. The molecular weight excluding hydrogens is 364 g/mol. The summed E-state index contributed by atoms with van der Waals surface area (Å²) in [5.74, 6) is 0. The maximum absolute atomic E-state index is 2.60. The van der Waals surface area contributed by atoms with Crippen LogP contribution >= 0.6 is 0 Å². The SMILES string of the molecule is CCCCCCCCCCCCCCCCCN1C=CN(C)C1CCCCCCC. The molecule has 0 aliphatic carbocycles. The number of hydrogen-bond acceptors (Lipinski definition) is 2. The van der Waals surface area contributed by atoms with Gasteiger partial charge in [0.25, 0.3) is 0 Å². The Morgan fingerprint density at radius 3 is 1.37 bits per heavy atom. The molecule has 0 bridgehead atoms. The quantitative estimate of drug-likeness (QED) is 0.161. The van der Waals surface area contributed by atoms with Crippen molar-refractivity contribution in [1.82, 2.24) is 9.80 Å². The molecule has 1 rings (SSSR count). The first-order valence-electron chi connectivity index (χ1n) is 14.0. The Morgan fingerprint density at radius 1 is 0.500 bits per heavy atom. The predicted octanol–water partition coefficient (Wildman–Crippen LogP) is 9.26. The van der Waals surface area contributed by atoms with Gasteiger partial charge in [0.05, 0.1) is 0 Å². The zero-order valence-corrected chi connectivity index (χ0v) is 21.2. The van der Waals surface area contributed by atoms with Crippen LogP contribution in [0.3, 0.4) is 0 Å². The van der Waals surface area contributed by atoms with Crippen LogP contribution in [0, 0.1) is 0 Å². The molecule has 2 nitrogen and oxygen atoms in total. The molecule has 1 aliphatic heterocycles. The minimum Gasteiger partial charge on any atom is -0.359 e. The second kappa shape index (κ2) is 20.3. The van der Waals surface area contributed by atoms with E-state index in [4.69, 9.17) is 0 Å². The van der Waals surface area contributed by atoms with E-state index in [0.717, 1.165) is 0 Å². The van der Waals surface area contributed by atoms with Crippen molar-refractivity contribution in [3.63, 3.8) is 0 Å². The molecule has 0 amide bonds. The summed E-state index contributed by atoms with van der Waals surface area (Å²) in [5, 5.41) is 0. The fraction of sp³-hybridized carbons (Fsp3) is 0.929. The van der Waals surface area contributed by atoms with E-state index in [1.807, 2.05) is 0 Å². The van der Waals surface area contributed by atoms with Crippen molar-refractivity contribution < 1.29 is 0 Å². The number of rotatable bonds is 22. The molecular formula is C28H56N2. The summed E-state index contributed by atoms with van der Waals surface area (Å²) in [4.78, 5) is 5.02. The van der Waals surface area contributed by atoms with E-state index >= 15 is 0 Å². The van der Waals surface area contributed by atoms with Crippen LogP contribution in [-0.2, 0) is 0 Å². The Morgan fingerprint density at radius 2 is 0.900 bits per heavy atom. The Labute approximate surface area is 190 Å². The average Bonchev–Trinajstić information content (AvgIpc) is 3.10. The van der Waals surface area contributed by atoms with E-state index in [-0.39, 0.29) is 0 Å². The third kappa shape index (κ3) is 14.4. The standard InChI is InChI=1S/C28H56N2/c1-4-6-8-10-11-12-13-14-15-16-17-18-19-21-23-25-30-27-26-29(3)28(30)24-22-20-9-7-5-2/h26-28H,4-25H2,1-3H3. The van der Waals surface area contributed by atoms with E-state index in [1.54, 1.807) is 0 Å². The van der Waals surface area contributed by atoms with Crippen LogP contribution in [0.15, 0.2) is 12.4 Å². The molecule has 30 heavy (non-hydrogen) atoms. The molecule has 2 heteroatoms. The molecule has 0 N–H and O–H groups in total. The van der Waals surface area contributed by atoms with Gasteiger partial charge in [0.15, 0.2) is 0 Å². The lowest BCUT2D eigenvalue weighted by molar-refractivity contribution is 0.159. The second-order valence-corrected chi connectivity index (χ2v) is 9.83. The highest BCUT2D eigenvalue weighted by atomic mass is 15.4. The lowest BCUT2D eigenvalue weighted by Gasteiger charge is -2.30. The third-order valence-corrected chi connectivity index (χ3v) is 6.93. The molecule has 1 atom stereocenters. The van der Waals surface area contributed by atoms with Gasteiger partial charge in [-0.3, -0.25) is 0 Å². The smallest absolute Gasteiger partial charge is 0.100 e. The molecule has 1 aliphatic rings. The van der Waals surface area contributed by atoms with Crippen molar-refractivity contribution in [2.45, 2.75) is 155 Å². The van der Waals surface area contributed by atoms with Crippen LogP contribution in [0.25, 0.3) is 0 Å². The Hall–Kier alpha value is -0.660. The molecule has 0 aromatic rings. The molecule has 0 aromatic carbocycles. The first kappa shape index (κ1) is 27.4. The summed E-state index contributed by atoms with van der Waals surface area (Å²) >= 11 is 0. The summed E-state index contributed by atoms with van der Waals surface area (Å²) in [5.41, 5.74) is 0. The minimum absolute atomic E-state index is 0.623. The highest BCUT2D eigenvalue weighted by molar-refractivity contribution is 4.95. The highest BCUT2D eigenvalue weighted by Gasteiger charge is 2.22. The molecule has 0 spiro atoms. The first-order valence-corrected chi connectivity index (χ1v) is 14.0. The maximum atomic E-state index is 2.60. The molecule has 1 unspecified atom stereocenters. The summed E-state index contributed by atoms with van der Waals surface area (Å²) in [7, 11) is 2.25. The van der Waals surface area contributed by atoms with Crippen LogP contribution in [0.1, 0.15) is 149 Å². The monoisotopic (exact) mass is 420 g/mol. The number of hydrogen-bond donors (Lipinski definition) is 0. The van der Waals surface area contributed by atoms with Gasteiger partial charge in [-0.15, -0.1) is 0 Å². The number of nitrogens with zero attached hydrogens (tertiary/aromatic N) is 2. The molecule has 0 saturated heterocycles. The first-order chi connectivity index (χ1) is 14.8. The molecule has 0 aromatic heterocycles. The Kier molecular flexibility index (Phi) is 18.5. The molecule has 1 heterocycles. The van der Waals surface area contributed by atoms with Crippen LogP contribution in [0.2, 0.25) is 0 Å². The average molecular weight is 421 g/mol. The van der Waals surface area contributed by atoms with Gasteiger partial charge < -0.3 is 9.80 Å². The van der Waals surface area contributed by atoms with Gasteiger partial charge in [0, 0.05) is 26.0 Å². The molecule has 0 radical (unpaired) electrons. The van der Waals surface area contributed by atoms with Crippen LogP contribution in [0.5, 0.6) is 0 Å². The van der Waals surface area contributed by atoms with Gasteiger partial charge in [-0.05, 0) is 19.3 Å². The van der Waals surface area contributed by atoms with E-state index in [0.29, 0.717) is 6.17 Å². The maximum Gasteiger partial charge on any atom is 0.100 e. The van der Waals surface area contributed by atoms with Crippen LogP contribution in [0.4, 0.5) is 0 Å². The Bertz CT molecular complexity index is 379. The minimum atomic E-state index is 0.623. The zero-order valence-electron chi connectivity index (χ0n) is 21.2. The summed E-state index contributed by atoms with van der Waals surface area (Å²) in [6.45, 7) is 5.85. The summed E-state index contributed by atoms with van der Waals surface area (Å²) in [6.07, 6.45) is 35.2. The van der Waals surface area contributed by atoms with Crippen molar-refractivity contribution in [2.24, 2.45) is 0 Å². The van der Waals surface area contributed by atoms with E-state index < -0.39 is 0 Å². The van der Waals surface area contributed by atoms with E-state index in [1.165, 1.54) is 141 Å². The summed E-state index contributed by atoms with van der Waals surface area (Å²) < 4.78 is 0. The van der Waals surface area contributed by atoms with Crippen molar-refractivity contribution in [3.05, 3.63) is 12.4 Å². The Balaban J connectivity index is 1.88. The normalized spacial score (nSPS) is 16.2. The molecule has 0 fully saturated rings. The largest absolute Gasteiger partial charge is 0.359 e. The van der Waals surface area contributed by atoms with Crippen molar-refractivity contribution in [2.75, 3.05) is 13.6 Å². The van der Waals surface area contributed by atoms with Gasteiger partial charge in [-0.2, -0.15) is 0 Å². The number of unbranched alkanes of at least 4 members (excludes halogenated alkanes) is 18. The van der Waals surface area contributed by atoms with Gasteiger partial charge >= 0.3 is 0 Å². The lowest BCUT2D eigenvalue weighted by atomic mass is 10.0. The van der Waals surface area contributed by atoms with E-state index in [9.17, 15) is 0 Å². The molecule has 0 saturated carbocycles. The predicted molar refractivity (Wildman–Crippen MR) is 136 cm³/mol. The third-order valence-electron chi connectivity index (χ3n) is 6.93. The summed E-state index contributed by atoms with van der Waals surface area (Å²) in [6, 6.07) is 0. The van der Waals surface area contributed by atoms with Crippen molar-refractivity contribution in [1.29, 1.82) is 0 Å². The van der Waals surface area contributed by atoms with Gasteiger partial charge in [0.2, 0.25) is 0 Å². The zero-order chi connectivity index (χ0) is 21.7. The lowest BCUT2D eigenvalue weighted by Crippen LogP contribution is -2.37. The van der Waals surface area contributed by atoms with Crippen LogP contribution < -0.4 is 0 Å². The highest BCUT2D eigenvalue weighted by Crippen LogP contribution is 2.21. The fourth-order valence-corrected chi connectivity index (χ4v) is 4.81. The van der Waals surface area contributed by atoms with E-state index in [2.05, 4.69) is 43.1 Å². The van der Waals surface area contributed by atoms with Crippen LogP contribution in [-0.4, -0.2) is 29.6 Å². The second-order valence-electron chi connectivity index (χ2n) is 9.83. The van der Waals surface area contributed by atoms with Gasteiger partial charge in [0.1, 0.15) is 6.17 Å². The molecule has 178 valence electrons. The van der Waals surface area contributed by atoms with Crippen molar-refractivity contribution in [3.8, 4) is 0 Å². The van der Waals surface area contributed by atoms with Crippen molar-refractivity contribution >= 4 is 0 Å². The van der Waals surface area contributed by atoms with Gasteiger partial charge in [-0.1, -0.05) is 129 Å².